The fraction of sp³-hybridized carbons (Fsp3) is 0.261. The Balaban J connectivity index is 1.29. The van der Waals surface area contributed by atoms with Gasteiger partial charge in [-0.3, -0.25) is 9.59 Å². The van der Waals surface area contributed by atoms with Crippen LogP contribution in [0.1, 0.15) is 33.6 Å². The second-order valence-electron chi connectivity index (χ2n) is 7.65. The van der Waals surface area contributed by atoms with Crippen molar-refractivity contribution in [2.45, 2.75) is 32.0 Å². The molecule has 1 aliphatic heterocycles. The number of H-pyrrole nitrogens is 1. The van der Waals surface area contributed by atoms with Crippen LogP contribution in [0.4, 0.5) is 0 Å². The van der Waals surface area contributed by atoms with Crippen molar-refractivity contribution in [3.63, 3.8) is 0 Å². The van der Waals surface area contributed by atoms with Crippen LogP contribution in [0.15, 0.2) is 48.5 Å². The summed E-state index contributed by atoms with van der Waals surface area (Å²) in [6.07, 6.45) is 0.519. The van der Waals surface area contributed by atoms with Crippen molar-refractivity contribution in [1.29, 1.82) is 5.26 Å². The lowest BCUT2D eigenvalue weighted by Crippen LogP contribution is -2.40. The molecule has 0 unspecified atom stereocenters. The molecule has 2 amide bonds. The van der Waals surface area contributed by atoms with Crippen molar-refractivity contribution in [3.8, 4) is 6.07 Å². The number of nitriles is 1. The SMILES string of the molecule is Cc1cc2cc(CNC(=O)[C@@H]3C[C@@H](NC(=O)c4cccc(C#N)c4)CN3)ccc2[nH]1. The summed E-state index contributed by atoms with van der Waals surface area (Å²) < 4.78 is 0. The second kappa shape index (κ2) is 8.39. The van der Waals surface area contributed by atoms with Gasteiger partial charge in [-0.25, -0.2) is 0 Å². The Morgan fingerprint density at radius 1 is 1.20 bits per heavy atom. The van der Waals surface area contributed by atoms with Gasteiger partial charge in [0.05, 0.1) is 17.7 Å². The fourth-order valence-electron chi connectivity index (χ4n) is 3.79. The van der Waals surface area contributed by atoms with Crippen LogP contribution in [0, 0.1) is 18.3 Å². The van der Waals surface area contributed by atoms with Crippen LogP contribution in [0.25, 0.3) is 10.9 Å². The molecule has 2 heterocycles. The maximum absolute atomic E-state index is 12.5. The third-order valence-corrected chi connectivity index (χ3v) is 5.32. The first-order chi connectivity index (χ1) is 14.5. The molecule has 4 rings (SSSR count). The van der Waals surface area contributed by atoms with E-state index in [1.807, 2.05) is 25.1 Å². The molecule has 30 heavy (non-hydrogen) atoms. The molecule has 0 aliphatic carbocycles. The van der Waals surface area contributed by atoms with Crippen molar-refractivity contribution >= 4 is 22.7 Å². The van der Waals surface area contributed by atoms with Gasteiger partial charge < -0.3 is 20.9 Å². The third kappa shape index (κ3) is 4.34. The number of carbonyl (C=O) groups excluding carboxylic acids is 2. The van der Waals surface area contributed by atoms with Crippen LogP contribution >= 0.6 is 0 Å². The van der Waals surface area contributed by atoms with Gasteiger partial charge in [-0.15, -0.1) is 0 Å². The minimum absolute atomic E-state index is 0.0800. The van der Waals surface area contributed by atoms with Crippen LogP contribution in [0.2, 0.25) is 0 Å². The van der Waals surface area contributed by atoms with Gasteiger partial charge in [0.15, 0.2) is 0 Å². The van der Waals surface area contributed by atoms with E-state index in [0.29, 0.717) is 30.6 Å². The van der Waals surface area contributed by atoms with Gasteiger partial charge in [-0.1, -0.05) is 12.1 Å². The zero-order chi connectivity index (χ0) is 21.1. The molecule has 0 saturated carbocycles. The lowest BCUT2D eigenvalue weighted by atomic mass is 10.1. The van der Waals surface area contributed by atoms with E-state index in [2.05, 4.69) is 33.1 Å². The molecular weight excluding hydrogens is 378 g/mol. The number of aryl methyl sites for hydroxylation is 1. The molecule has 3 aromatic rings. The molecule has 152 valence electrons. The van der Waals surface area contributed by atoms with Crippen molar-refractivity contribution in [1.82, 2.24) is 20.9 Å². The van der Waals surface area contributed by atoms with Gasteiger partial charge in [0.1, 0.15) is 0 Å². The number of nitrogens with one attached hydrogen (secondary N) is 4. The molecule has 0 bridgehead atoms. The quantitative estimate of drug-likeness (QED) is 0.525. The molecular formula is C23H23N5O2. The lowest BCUT2D eigenvalue weighted by molar-refractivity contribution is -0.123. The smallest absolute Gasteiger partial charge is 0.251 e. The highest BCUT2D eigenvalue weighted by atomic mass is 16.2. The highest BCUT2D eigenvalue weighted by molar-refractivity contribution is 5.95. The summed E-state index contributed by atoms with van der Waals surface area (Å²) in [5, 5.41) is 19.2. The van der Waals surface area contributed by atoms with Gasteiger partial charge in [0, 0.05) is 35.9 Å². The Morgan fingerprint density at radius 3 is 2.90 bits per heavy atom. The van der Waals surface area contributed by atoms with E-state index in [1.54, 1.807) is 24.3 Å². The van der Waals surface area contributed by atoms with Crippen LogP contribution in [0.3, 0.4) is 0 Å². The number of amides is 2. The standard InChI is InChI=1S/C23H23N5O2/c1-14-7-18-9-16(5-6-20(18)27-14)12-26-23(30)21-10-19(13-25-21)28-22(29)17-4-2-3-15(8-17)11-24/h2-9,19,21,25,27H,10,12-13H2,1H3,(H,26,30)(H,28,29)/t19-,21+/m1/s1. The number of fused-ring (bicyclic) bond motifs is 1. The fourth-order valence-corrected chi connectivity index (χ4v) is 3.79. The molecule has 7 heteroatoms. The number of carbonyl (C=O) groups is 2. The Hall–Kier alpha value is -3.63. The highest BCUT2D eigenvalue weighted by Crippen LogP contribution is 2.17. The number of aromatic amines is 1. The number of hydrogen-bond acceptors (Lipinski definition) is 4. The van der Waals surface area contributed by atoms with Gasteiger partial charge >= 0.3 is 0 Å². The lowest BCUT2D eigenvalue weighted by Gasteiger charge is -2.13. The molecule has 2 atom stereocenters. The summed E-state index contributed by atoms with van der Waals surface area (Å²) in [5.41, 5.74) is 4.11. The maximum Gasteiger partial charge on any atom is 0.251 e. The topological polar surface area (TPSA) is 110 Å². The van der Waals surface area contributed by atoms with E-state index >= 15 is 0 Å². The molecule has 1 saturated heterocycles. The summed E-state index contributed by atoms with van der Waals surface area (Å²) in [4.78, 5) is 28.2. The number of rotatable bonds is 5. The highest BCUT2D eigenvalue weighted by Gasteiger charge is 2.30. The van der Waals surface area contributed by atoms with E-state index in [-0.39, 0.29) is 23.9 Å². The van der Waals surface area contributed by atoms with Crippen LogP contribution in [-0.4, -0.2) is 35.4 Å². The molecule has 0 spiro atoms. The number of nitrogens with zero attached hydrogens (tertiary/aromatic N) is 1. The Kier molecular flexibility index (Phi) is 5.50. The summed E-state index contributed by atoms with van der Waals surface area (Å²) in [7, 11) is 0. The molecule has 1 aromatic heterocycles. The summed E-state index contributed by atoms with van der Waals surface area (Å²) >= 11 is 0. The van der Waals surface area contributed by atoms with Crippen molar-refractivity contribution in [2.75, 3.05) is 6.54 Å². The van der Waals surface area contributed by atoms with Gasteiger partial charge in [-0.05, 0) is 60.7 Å². The van der Waals surface area contributed by atoms with Gasteiger partial charge in [-0.2, -0.15) is 5.26 Å². The number of aromatic nitrogens is 1. The first-order valence-electron chi connectivity index (χ1n) is 9.92. The third-order valence-electron chi connectivity index (χ3n) is 5.32. The predicted molar refractivity (Wildman–Crippen MR) is 114 cm³/mol. The Morgan fingerprint density at radius 2 is 2.07 bits per heavy atom. The first kappa shape index (κ1) is 19.7. The monoisotopic (exact) mass is 401 g/mol. The van der Waals surface area contributed by atoms with Crippen molar-refractivity contribution in [3.05, 3.63) is 70.9 Å². The van der Waals surface area contributed by atoms with Crippen LogP contribution in [0.5, 0.6) is 0 Å². The molecule has 4 N–H and O–H groups in total. The van der Waals surface area contributed by atoms with Crippen molar-refractivity contribution in [2.24, 2.45) is 0 Å². The van der Waals surface area contributed by atoms with E-state index in [1.165, 1.54) is 0 Å². The minimum atomic E-state index is -0.348. The average Bonchev–Trinajstić information content (AvgIpc) is 3.37. The average molecular weight is 401 g/mol. The first-order valence-corrected chi connectivity index (χ1v) is 9.92. The van der Waals surface area contributed by atoms with Crippen LogP contribution in [-0.2, 0) is 11.3 Å². The zero-order valence-electron chi connectivity index (χ0n) is 16.7. The summed E-state index contributed by atoms with van der Waals surface area (Å²) in [6.45, 7) is 2.99. The van der Waals surface area contributed by atoms with E-state index in [9.17, 15) is 9.59 Å². The molecule has 7 nitrogen and oxygen atoms in total. The summed E-state index contributed by atoms with van der Waals surface area (Å²) in [5.74, 6) is -0.321. The molecule has 0 radical (unpaired) electrons. The molecule has 1 fully saturated rings. The van der Waals surface area contributed by atoms with Crippen molar-refractivity contribution < 1.29 is 9.59 Å². The largest absolute Gasteiger partial charge is 0.359 e. The number of benzene rings is 2. The number of hydrogen-bond donors (Lipinski definition) is 4. The van der Waals surface area contributed by atoms with E-state index in [0.717, 1.165) is 22.2 Å². The molecule has 1 aliphatic rings. The van der Waals surface area contributed by atoms with E-state index in [4.69, 9.17) is 5.26 Å². The van der Waals surface area contributed by atoms with Crippen LogP contribution < -0.4 is 16.0 Å². The maximum atomic E-state index is 12.5. The van der Waals surface area contributed by atoms with Gasteiger partial charge in [0.2, 0.25) is 5.91 Å². The zero-order valence-corrected chi connectivity index (χ0v) is 16.7. The normalized spacial score (nSPS) is 18.1. The minimum Gasteiger partial charge on any atom is -0.359 e. The Bertz CT molecular complexity index is 1140. The Labute approximate surface area is 174 Å². The predicted octanol–water partition coefficient (Wildman–Crippen LogP) is 2.12. The molecule has 2 aromatic carbocycles. The van der Waals surface area contributed by atoms with E-state index < -0.39 is 0 Å². The van der Waals surface area contributed by atoms with Gasteiger partial charge in [0.25, 0.3) is 5.91 Å². The second-order valence-corrected chi connectivity index (χ2v) is 7.65. The summed E-state index contributed by atoms with van der Waals surface area (Å²) in [6, 6.07) is 16.3.